The molecule has 0 saturated heterocycles. The number of methoxy groups -OCH3 is 1. The van der Waals surface area contributed by atoms with Crippen molar-refractivity contribution in [3.05, 3.63) is 29.8 Å². The van der Waals surface area contributed by atoms with Crippen LogP contribution in [0.4, 0.5) is 4.79 Å². The number of carbonyl (C=O) groups excluding carboxylic acids is 1. The Bertz CT molecular complexity index is 458. The van der Waals surface area contributed by atoms with Gasteiger partial charge in [0.25, 0.3) is 0 Å². The van der Waals surface area contributed by atoms with E-state index >= 15 is 0 Å². The normalized spacial score (nSPS) is 22.6. The molecule has 3 atom stereocenters. The molecule has 4 nitrogen and oxygen atoms in total. The molecule has 0 heterocycles. The van der Waals surface area contributed by atoms with Crippen molar-refractivity contribution in [2.24, 2.45) is 5.92 Å². The van der Waals surface area contributed by atoms with Crippen molar-refractivity contribution in [2.75, 3.05) is 7.11 Å². The summed E-state index contributed by atoms with van der Waals surface area (Å²) in [7, 11) is 1.65. The molecule has 2 rings (SSSR count). The van der Waals surface area contributed by atoms with E-state index in [1.807, 2.05) is 24.3 Å². The highest BCUT2D eigenvalue weighted by Crippen LogP contribution is 2.25. The predicted octanol–water partition coefficient (Wildman–Crippen LogP) is 3.63. The Hall–Kier alpha value is -1.71. The van der Waals surface area contributed by atoms with E-state index < -0.39 is 0 Å². The average Bonchev–Trinajstić information content (AvgIpc) is 2.90. The number of hydrogen-bond donors (Lipinski definition) is 2. The van der Waals surface area contributed by atoms with E-state index in [0.29, 0.717) is 12.0 Å². The van der Waals surface area contributed by atoms with Crippen molar-refractivity contribution in [3.63, 3.8) is 0 Å². The second kappa shape index (κ2) is 7.34. The molecule has 21 heavy (non-hydrogen) atoms. The fourth-order valence-corrected chi connectivity index (χ4v) is 2.99. The zero-order valence-electron chi connectivity index (χ0n) is 13.2. The Kier molecular flexibility index (Phi) is 5.48. The van der Waals surface area contributed by atoms with Crippen molar-refractivity contribution in [1.29, 1.82) is 0 Å². The third-order valence-electron chi connectivity index (χ3n) is 4.41. The lowest BCUT2D eigenvalue weighted by Crippen LogP contribution is -2.44. The Labute approximate surface area is 127 Å². The third kappa shape index (κ3) is 4.13. The Morgan fingerprint density at radius 3 is 2.57 bits per heavy atom. The molecule has 1 aromatic carbocycles. The average molecular weight is 290 g/mol. The first-order valence-electron chi connectivity index (χ1n) is 7.85. The molecule has 1 aromatic rings. The first-order chi connectivity index (χ1) is 10.1. The Morgan fingerprint density at radius 2 is 2.05 bits per heavy atom. The highest BCUT2D eigenvalue weighted by Gasteiger charge is 2.25. The number of rotatable bonds is 5. The van der Waals surface area contributed by atoms with E-state index in [0.717, 1.165) is 24.2 Å². The van der Waals surface area contributed by atoms with Gasteiger partial charge < -0.3 is 15.4 Å². The molecular formula is C17H26N2O2. The van der Waals surface area contributed by atoms with Gasteiger partial charge in [-0.1, -0.05) is 32.4 Å². The second-order valence-corrected chi connectivity index (χ2v) is 5.87. The molecule has 1 aliphatic rings. The molecule has 2 amide bonds. The molecule has 116 valence electrons. The first kappa shape index (κ1) is 15.7. The minimum Gasteiger partial charge on any atom is -0.497 e. The van der Waals surface area contributed by atoms with Crippen LogP contribution in [0.25, 0.3) is 0 Å². The van der Waals surface area contributed by atoms with Crippen molar-refractivity contribution in [2.45, 2.75) is 51.6 Å². The molecule has 3 unspecified atom stereocenters. The molecule has 0 aliphatic heterocycles. The van der Waals surface area contributed by atoms with Crippen LogP contribution >= 0.6 is 0 Å². The standard InChI is InChI=1S/C17H26N2O2/c1-4-15(13-8-10-14(21-3)11-9-13)18-17(20)19-16-7-5-6-12(16)2/h8-12,15-16H,4-7H2,1-3H3,(H2,18,19,20). The van der Waals surface area contributed by atoms with Crippen LogP contribution in [0, 0.1) is 5.92 Å². The van der Waals surface area contributed by atoms with E-state index in [-0.39, 0.29) is 12.1 Å². The Balaban J connectivity index is 1.92. The van der Waals surface area contributed by atoms with Crippen LogP contribution in [0.1, 0.15) is 51.1 Å². The van der Waals surface area contributed by atoms with Gasteiger partial charge in [-0.25, -0.2) is 4.79 Å². The minimum atomic E-state index is -0.0589. The number of benzene rings is 1. The monoisotopic (exact) mass is 290 g/mol. The van der Waals surface area contributed by atoms with Crippen molar-refractivity contribution >= 4 is 6.03 Å². The second-order valence-electron chi connectivity index (χ2n) is 5.87. The van der Waals surface area contributed by atoms with Gasteiger partial charge in [-0.05, 0) is 42.9 Å². The number of amides is 2. The van der Waals surface area contributed by atoms with Crippen LogP contribution in [0.2, 0.25) is 0 Å². The zero-order valence-corrected chi connectivity index (χ0v) is 13.2. The van der Waals surface area contributed by atoms with Gasteiger partial charge in [-0.2, -0.15) is 0 Å². The summed E-state index contributed by atoms with van der Waals surface area (Å²) in [5, 5.41) is 6.19. The lowest BCUT2D eigenvalue weighted by atomic mass is 10.0. The lowest BCUT2D eigenvalue weighted by molar-refractivity contribution is 0.230. The molecule has 4 heteroatoms. The summed E-state index contributed by atoms with van der Waals surface area (Å²) in [5.74, 6) is 1.41. The SMILES string of the molecule is CCC(NC(=O)NC1CCCC1C)c1ccc(OC)cc1. The summed E-state index contributed by atoms with van der Waals surface area (Å²) in [5.41, 5.74) is 1.10. The van der Waals surface area contributed by atoms with Crippen LogP contribution in [0.15, 0.2) is 24.3 Å². The molecule has 1 saturated carbocycles. The number of ether oxygens (including phenoxy) is 1. The van der Waals surface area contributed by atoms with E-state index in [1.165, 1.54) is 12.8 Å². The fraction of sp³-hybridized carbons (Fsp3) is 0.588. The van der Waals surface area contributed by atoms with Crippen LogP contribution in [0.5, 0.6) is 5.75 Å². The lowest BCUT2D eigenvalue weighted by Gasteiger charge is -2.22. The van der Waals surface area contributed by atoms with Gasteiger partial charge >= 0.3 is 6.03 Å². The smallest absolute Gasteiger partial charge is 0.315 e. The maximum Gasteiger partial charge on any atom is 0.315 e. The molecule has 1 aliphatic carbocycles. The van der Waals surface area contributed by atoms with Crippen molar-refractivity contribution in [1.82, 2.24) is 10.6 Å². The topological polar surface area (TPSA) is 50.4 Å². The molecule has 2 N–H and O–H groups in total. The fourth-order valence-electron chi connectivity index (χ4n) is 2.99. The molecular weight excluding hydrogens is 264 g/mol. The molecule has 1 fully saturated rings. The van der Waals surface area contributed by atoms with Gasteiger partial charge in [-0.3, -0.25) is 0 Å². The van der Waals surface area contributed by atoms with Crippen molar-refractivity contribution in [3.8, 4) is 5.75 Å². The largest absolute Gasteiger partial charge is 0.497 e. The van der Waals surface area contributed by atoms with E-state index in [1.54, 1.807) is 7.11 Å². The quantitative estimate of drug-likeness (QED) is 0.870. The molecule has 0 bridgehead atoms. The predicted molar refractivity (Wildman–Crippen MR) is 84.5 cm³/mol. The maximum atomic E-state index is 12.2. The number of urea groups is 1. The minimum absolute atomic E-state index is 0.0348. The summed E-state index contributed by atoms with van der Waals surface area (Å²) in [6.45, 7) is 4.28. The van der Waals surface area contributed by atoms with E-state index in [4.69, 9.17) is 4.74 Å². The van der Waals surface area contributed by atoms with Crippen LogP contribution in [-0.2, 0) is 0 Å². The summed E-state index contributed by atoms with van der Waals surface area (Å²) < 4.78 is 5.16. The maximum absolute atomic E-state index is 12.2. The number of nitrogens with one attached hydrogen (secondary N) is 2. The first-order valence-corrected chi connectivity index (χ1v) is 7.85. The van der Waals surface area contributed by atoms with Gasteiger partial charge in [0.15, 0.2) is 0 Å². The van der Waals surface area contributed by atoms with Gasteiger partial charge in [-0.15, -0.1) is 0 Å². The number of hydrogen-bond acceptors (Lipinski definition) is 2. The summed E-state index contributed by atoms with van der Waals surface area (Å²) in [6.07, 6.45) is 4.37. The summed E-state index contributed by atoms with van der Waals surface area (Å²) in [6, 6.07) is 8.16. The van der Waals surface area contributed by atoms with Gasteiger partial charge in [0.2, 0.25) is 0 Å². The molecule has 0 spiro atoms. The number of carbonyl (C=O) groups is 1. The summed E-state index contributed by atoms with van der Waals surface area (Å²) >= 11 is 0. The summed E-state index contributed by atoms with van der Waals surface area (Å²) in [4.78, 5) is 12.2. The molecule has 0 radical (unpaired) electrons. The molecule has 0 aromatic heterocycles. The van der Waals surface area contributed by atoms with Crippen molar-refractivity contribution < 1.29 is 9.53 Å². The highest BCUT2D eigenvalue weighted by atomic mass is 16.5. The van der Waals surface area contributed by atoms with Crippen LogP contribution < -0.4 is 15.4 Å². The van der Waals surface area contributed by atoms with Crippen LogP contribution in [0.3, 0.4) is 0 Å². The zero-order chi connectivity index (χ0) is 15.2. The van der Waals surface area contributed by atoms with Gasteiger partial charge in [0, 0.05) is 6.04 Å². The van der Waals surface area contributed by atoms with E-state index in [2.05, 4.69) is 24.5 Å². The van der Waals surface area contributed by atoms with E-state index in [9.17, 15) is 4.79 Å². The van der Waals surface area contributed by atoms with Gasteiger partial charge in [0.1, 0.15) is 5.75 Å². The third-order valence-corrected chi connectivity index (χ3v) is 4.41. The highest BCUT2D eigenvalue weighted by molar-refractivity contribution is 5.74. The Morgan fingerprint density at radius 1 is 1.33 bits per heavy atom. The van der Waals surface area contributed by atoms with Gasteiger partial charge in [0.05, 0.1) is 13.2 Å². The van der Waals surface area contributed by atoms with Crippen LogP contribution in [-0.4, -0.2) is 19.2 Å².